The number of rotatable bonds is 0. The predicted molar refractivity (Wildman–Crippen MR) is 93.5 cm³/mol. The largest absolute Gasteiger partial charge is 0.357 e. The molecule has 2 fully saturated rings. The Bertz CT molecular complexity index is 788. The van der Waals surface area contributed by atoms with Crippen molar-refractivity contribution < 1.29 is 0 Å². The number of para-hydroxylation sites is 1. The smallest absolute Gasteiger partial charge is 0.0972 e. The molecule has 3 nitrogen and oxygen atoms in total. The summed E-state index contributed by atoms with van der Waals surface area (Å²) in [6, 6.07) is 11.8. The second-order valence-electron chi connectivity index (χ2n) is 6.93. The van der Waals surface area contributed by atoms with Crippen molar-refractivity contribution >= 4 is 18.1 Å². The molecule has 3 atom stereocenters. The highest BCUT2D eigenvalue weighted by Crippen LogP contribution is 2.60. The number of piperidine rings is 1. The first-order valence-electron chi connectivity index (χ1n) is 8.20. The topological polar surface area (TPSA) is 39.1 Å². The van der Waals surface area contributed by atoms with E-state index in [9.17, 15) is 5.26 Å². The van der Waals surface area contributed by atoms with Crippen molar-refractivity contribution in [1.29, 1.82) is 5.26 Å². The molecule has 1 aliphatic carbocycles. The van der Waals surface area contributed by atoms with E-state index in [0.29, 0.717) is 12.0 Å². The van der Waals surface area contributed by atoms with Crippen LogP contribution in [0.2, 0.25) is 0 Å². The number of nitrogens with one attached hydrogen (secondary N) is 1. The van der Waals surface area contributed by atoms with Gasteiger partial charge >= 0.3 is 0 Å². The van der Waals surface area contributed by atoms with Crippen molar-refractivity contribution in [2.45, 2.75) is 31.2 Å². The van der Waals surface area contributed by atoms with Crippen molar-refractivity contribution in [3.8, 4) is 6.07 Å². The van der Waals surface area contributed by atoms with Gasteiger partial charge in [0.15, 0.2) is 0 Å². The van der Waals surface area contributed by atoms with E-state index in [1.807, 2.05) is 0 Å². The molecular weight excluding hydrogens is 306 g/mol. The quantitative estimate of drug-likeness (QED) is 0.741. The minimum Gasteiger partial charge on any atom is -0.357 e. The maximum absolute atomic E-state index is 9.88. The van der Waals surface area contributed by atoms with Crippen LogP contribution in [0.4, 0.5) is 5.69 Å². The van der Waals surface area contributed by atoms with Gasteiger partial charge in [-0.1, -0.05) is 29.8 Å². The fourth-order valence-corrected chi connectivity index (χ4v) is 5.39. The van der Waals surface area contributed by atoms with Crippen LogP contribution in [0.1, 0.15) is 25.3 Å². The molecule has 1 N–H and O–H groups in total. The molecule has 118 valence electrons. The van der Waals surface area contributed by atoms with Crippen LogP contribution >= 0.6 is 12.4 Å². The van der Waals surface area contributed by atoms with Crippen molar-refractivity contribution in [2.24, 2.45) is 5.92 Å². The second kappa shape index (κ2) is 4.87. The Hall–Kier alpha value is -1.76. The zero-order valence-electron chi connectivity index (χ0n) is 13.2. The first-order chi connectivity index (χ1) is 10.8. The van der Waals surface area contributed by atoms with E-state index in [-0.39, 0.29) is 17.8 Å². The summed E-state index contributed by atoms with van der Waals surface area (Å²) in [5.41, 5.74) is 6.28. The molecule has 3 heterocycles. The van der Waals surface area contributed by atoms with Gasteiger partial charge in [-0.2, -0.15) is 5.26 Å². The van der Waals surface area contributed by atoms with Gasteiger partial charge in [0.2, 0.25) is 0 Å². The Kier molecular flexibility index (Phi) is 3.13. The summed E-state index contributed by atoms with van der Waals surface area (Å²) in [4.78, 5) is 2.64. The highest BCUT2D eigenvalue weighted by molar-refractivity contribution is 5.85. The van der Waals surface area contributed by atoms with Crippen LogP contribution in [0.15, 0.2) is 47.2 Å². The van der Waals surface area contributed by atoms with Gasteiger partial charge in [0.25, 0.3) is 0 Å². The van der Waals surface area contributed by atoms with Gasteiger partial charge in [0.1, 0.15) is 0 Å². The summed E-state index contributed by atoms with van der Waals surface area (Å²) < 4.78 is 0. The molecule has 3 aliphatic heterocycles. The number of benzene rings is 1. The summed E-state index contributed by atoms with van der Waals surface area (Å²) in [6.07, 6.45) is 4.46. The minimum absolute atomic E-state index is 0. The Balaban J connectivity index is 0.00000135. The Morgan fingerprint density at radius 2 is 2.22 bits per heavy atom. The van der Waals surface area contributed by atoms with Gasteiger partial charge in [-0.05, 0) is 31.4 Å². The normalized spacial score (nSPS) is 35.2. The Morgan fingerprint density at radius 3 is 3.00 bits per heavy atom. The van der Waals surface area contributed by atoms with E-state index in [1.54, 1.807) is 0 Å². The van der Waals surface area contributed by atoms with E-state index in [1.165, 1.54) is 22.5 Å². The van der Waals surface area contributed by atoms with Gasteiger partial charge in [0.05, 0.1) is 17.1 Å². The van der Waals surface area contributed by atoms with Crippen LogP contribution in [-0.2, 0) is 5.41 Å². The molecule has 0 radical (unpaired) electrons. The lowest BCUT2D eigenvalue weighted by Crippen LogP contribution is -2.52. The van der Waals surface area contributed by atoms with E-state index < -0.39 is 0 Å². The maximum atomic E-state index is 9.88. The average molecular weight is 326 g/mol. The molecule has 4 heteroatoms. The van der Waals surface area contributed by atoms with Gasteiger partial charge < -0.3 is 5.32 Å². The molecule has 0 saturated carbocycles. The van der Waals surface area contributed by atoms with Crippen LogP contribution in [0.5, 0.6) is 0 Å². The molecule has 1 aromatic rings. The Morgan fingerprint density at radius 1 is 1.39 bits per heavy atom. The highest BCUT2D eigenvalue weighted by Gasteiger charge is 2.61. The summed E-state index contributed by atoms with van der Waals surface area (Å²) in [5.74, 6) is 0.319. The summed E-state index contributed by atoms with van der Waals surface area (Å²) in [6.45, 7) is 4.28. The predicted octanol–water partition coefficient (Wildman–Crippen LogP) is 3.60. The van der Waals surface area contributed by atoms with Crippen molar-refractivity contribution in [3.63, 3.8) is 0 Å². The lowest BCUT2D eigenvalue weighted by molar-refractivity contribution is 0.167. The third-order valence-electron chi connectivity index (χ3n) is 6.32. The average Bonchev–Trinajstić information content (AvgIpc) is 3.11. The van der Waals surface area contributed by atoms with E-state index in [0.717, 1.165) is 31.5 Å². The minimum atomic E-state index is 0. The molecule has 0 unspecified atom stereocenters. The van der Waals surface area contributed by atoms with Crippen molar-refractivity contribution in [3.05, 3.63) is 52.7 Å². The van der Waals surface area contributed by atoms with Gasteiger partial charge in [-0.3, -0.25) is 4.90 Å². The van der Waals surface area contributed by atoms with E-state index in [4.69, 9.17) is 0 Å². The summed E-state index contributed by atoms with van der Waals surface area (Å²) in [7, 11) is 0. The fraction of sp³-hybridized carbons (Fsp3) is 0.421. The number of allylic oxidation sites excluding steroid dienone is 2. The number of fused-ring (bicyclic) bond motifs is 2. The molecule has 1 spiro atoms. The molecule has 1 aromatic carbocycles. The molecule has 5 rings (SSSR count). The first kappa shape index (κ1) is 14.8. The lowest BCUT2D eigenvalue weighted by atomic mass is 9.62. The highest BCUT2D eigenvalue weighted by atomic mass is 35.5. The van der Waals surface area contributed by atoms with Crippen LogP contribution in [0.25, 0.3) is 0 Å². The Labute approximate surface area is 143 Å². The number of anilines is 1. The van der Waals surface area contributed by atoms with Gasteiger partial charge in [-0.15, -0.1) is 12.4 Å². The number of hydrogen-bond acceptors (Lipinski definition) is 3. The lowest BCUT2D eigenvalue weighted by Gasteiger charge is -2.47. The third-order valence-corrected chi connectivity index (χ3v) is 6.32. The number of hydrogen-bond donors (Lipinski definition) is 1. The second-order valence-corrected chi connectivity index (χ2v) is 6.93. The van der Waals surface area contributed by atoms with Crippen LogP contribution in [0, 0.1) is 17.2 Å². The molecule has 2 saturated heterocycles. The SMILES string of the molecule is CC=C1CN2CC[C@]34C(=C(C#N)[C@H]1C[C@H]23)Nc1ccccc14.Cl. The molecule has 4 aliphatic rings. The monoisotopic (exact) mass is 325 g/mol. The molecule has 0 amide bonds. The molecule has 23 heavy (non-hydrogen) atoms. The summed E-state index contributed by atoms with van der Waals surface area (Å²) in [5, 5.41) is 13.5. The first-order valence-corrected chi connectivity index (χ1v) is 8.20. The van der Waals surface area contributed by atoms with Crippen molar-refractivity contribution in [2.75, 3.05) is 18.4 Å². The van der Waals surface area contributed by atoms with Crippen LogP contribution < -0.4 is 5.32 Å². The fourth-order valence-electron chi connectivity index (χ4n) is 5.39. The standard InChI is InChI=1S/C19H19N3.ClH/c1-2-12-11-22-8-7-19-15-5-3-4-6-16(15)21-18(19)14(10-20)13(12)9-17(19)22;/h2-6,13,17,21H,7-9,11H2,1H3;1H/t13-,17-,19+;/m0./s1. The van der Waals surface area contributed by atoms with Gasteiger partial charge in [-0.25, -0.2) is 0 Å². The number of nitrogens with zero attached hydrogens (tertiary/aromatic N) is 2. The van der Waals surface area contributed by atoms with Crippen molar-refractivity contribution in [1.82, 2.24) is 4.90 Å². The molecule has 2 bridgehead atoms. The van der Waals surface area contributed by atoms with Crippen LogP contribution in [0.3, 0.4) is 0 Å². The third kappa shape index (κ3) is 1.58. The van der Waals surface area contributed by atoms with Gasteiger partial charge in [0, 0.05) is 36.4 Å². The van der Waals surface area contributed by atoms with E-state index in [2.05, 4.69) is 53.6 Å². The van der Waals surface area contributed by atoms with Crippen LogP contribution in [-0.4, -0.2) is 24.0 Å². The molecule has 0 aromatic heterocycles. The maximum Gasteiger partial charge on any atom is 0.0972 e. The number of halogens is 1. The molecular formula is C19H20ClN3. The number of nitriles is 1. The zero-order valence-corrected chi connectivity index (χ0v) is 14.0. The summed E-state index contributed by atoms with van der Waals surface area (Å²) >= 11 is 0. The van der Waals surface area contributed by atoms with E-state index >= 15 is 0 Å². The zero-order chi connectivity index (χ0) is 14.9.